The van der Waals surface area contributed by atoms with Crippen molar-refractivity contribution in [1.82, 2.24) is 0 Å². The smallest absolute Gasteiger partial charge is 0.306 e. The highest BCUT2D eigenvalue weighted by Gasteiger charge is 2.19. The Bertz CT molecular complexity index is 1730. The monoisotopic (exact) mass is 929 g/mol. The van der Waals surface area contributed by atoms with Crippen LogP contribution in [0.3, 0.4) is 0 Å². The zero-order valence-corrected chi connectivity index (χ0v) is 42.3. The Balaban J connectivity index is 4.70. The van der Waals surface area contributed by atoms with Crippen molar-refractivity contribution in [2.45, 2.75) is 162 Å². The van der Waals surface area contributed by atoms with Crippen molar-refractivity contribution in [2.75, 3.05) is 13.2 Å². The Morgan fingerprint density at radius 2 is 0.603 bits per heavy atom. The fourth-order valence-corrected chi connectivity index (χ4v) is 5.90. The zero-order chi connectivity index (χ0) is 49.3. The molecule has 1 atom stereocenters. The van der Waals surface area contributed by atoms with Gasteiger partial charge in [0.2, 0.25) is 0 Å². The summed E-state index contributed by atoms with van der Waals surface area (Å²) in [5, 5.41) is 0. The summed E-state index contributed by atoms with van der Waals surface area (Å²) in [4.78, 5) is 38.0. The van der Waals surface area contributed by atoms with Crippen LogP contribution >= 0.6 is 0 Å². The highest BCUT2D eigenvalue weighted by Crippen LogP contribution is 2.11. The van der Waals surface area contributed by atoms with Gasteiger partial charge in [0, 0.05) is 19.3 Å². The SMILES string of the molecule is CC\C=C/C=C\C=C/C=C\C=C\C=C/CCCCCC(=O)OCC(COC(=O)CCCCC/C=C\C/C=C\C/C=C\C/C=C\CC)OC(=O)CCCCC\C=C/C=C/C=C\C=C/C=C\C=C/CC. The van der Waals surface area contributed by atoms with E-state index in [2.05, 4.69) is 93.7 Å². The molecular weight excluding hydrogens is 841 g/mol. The van der Waals surface area contributed by atoms with Crippen LogP contribution in [0, 0.1) is 0 Å². The molecule has 0 rings (SSSR count). The molecule has 6 heteroatoms. The topological polar surface area (TPSA) is 78.9 Å². The average Bonchev–Trinajstić information content (AvgIpc) is 3.34. The summed E-state index contributed by atoms with van der Waals surface area (Å²) in [5.41, 5.74) is 0. The van der Waals surface area contributed by atoms with E-state index in [1.807, 2.05) is 122 Å². The van der Waals surface area contributed by atoms with Crippen LogP contribution in [0.25, 0.3) is 0 Å². The van der Waals surface area contributed by atoms with Crippen LogP contribution in [0.1, 0.15) is 156 Å². The van der Waals surface area contributed by atoms with Crippen molar-refractivity contribution in [2.24, 2.45) is 0 Å². The minimum Gasteiger partial charge on any atom is -0.462 e. The normalized spacial score (nSPS) is 13.8. The van der Waals surface area contributed by atoms with Gasteiger partial charge in [0.1, 0.15) is 13.2 Å². The molecule has 0 N–H and O–H groups in total. The quantitative estimate of drug-likeness (QED) is 0.0199. The van der Waals surface area contributed by atoms with Crippen molar-refractivity contribution >= 4 is 17.9 Å². The molecule has 0 saturated heterocycles. The van der Waals surface area contributed by atoms with Crippen LogP contribution < -0.4 is 0 Å². The molecule has 1 unspecified atom stereocenters. The van der Waals surface area contributed by atoms with E-state index in [0.717, 1.165) is 103 Å². The highest BCUT2D eigenvalue weighted by molar-refractivity contribution is 5.71. The van der Waals surface area contributed by atoms with Gasteiger partial charge in [0.25, 0.3) is 0 Å². The van der Waals surface area contributed by atoms with E-state index < -0.39 is 6.10 Å². The average molecular weight is 929 g/mol. The summed E-state index contributed by atoms with van der Waals surface area (Å²) in [6.45, 7) is 6.09. The van der Waals surface area contributed by atoms with E-state index in [-0.39, 0.29) is 50.4 Å². The van der Waals surface area contributed by atoms with Crippen molar-refractivity contribution in [3.05, 3.63) is 194 Å². The molecular formula is C62H88O6. The number of allylic oxidation sites excluding steroid dienone is 32. The largest absolute Gasteiger partial charge is 0.462 e. The maximum atomic E-state index is 12.8. The molecule has 0 aliphatic heterocycles. The first kappa shape index (κ1) is 62.2. The number of esters is 3. The number of unbranched alkanes of at least 4 members (excludes halogenated alkanes) is 9. The molecule has 0 aromatic heterocycles. The van der Waals surface area contributed by atoms with E-state index in [1.165, 1.54) is 0 Å². The maximum absolute atomic E-state index is 12.8. The predicted molar refractivity (Wildman–Crippen MR) is 292 cm³/mol. The molecule has 0 spiro atoms. The molecule has 0 amide bonds. The van der Waals surface area contributed by atoms with Crippen molar-refractivity contribution in [1.29, 1.82) is 0 Å². The third-order valence-electron chi connectivity index (χ3n) is 9.65. The first-order valence-corrected chi connectivity index (χ1v) is 25.6. The lowest BCUT2D eigenvalue weighted by Gasteiger charge is -2.18. The lowest BCUT2D eigenvalue weighted by atomic mass is 10.1. The number of carbonyl (C=O) groups excluding carboxylic acids is 3. The number of hydrogen-bond donors (Lipinski definition) is 0. The second kappa shape index (κ2) is 53.9. The second-order valence-corrected chi connectivity index (χ2v) is 15.9. The van der Waals surface area contributed by atoms with Crippen LogP contribution in [0.5, 0.6) is 0 Å². The van der Waals surface area contributed by atoms with Gasteiger partial charge in [-0.15, -0.1) is 0 Å². The lowest BCUT2D eigenvalue weighted by Crippen LogP contribution is -2.30. The number of hydrogen-bond acceptors (Lipinski definition) is 6. The summed E-state index contributed by atoms with van der Waals surface area (Å²) in [5.74, 6) is -1.08. The molecule has 0 aromatic rings. The van der Waals surface area contributed by atoms with Crippen LogP contribution in [0.4, 0.5) is 0 Å². The fraction of sp³-hybridized carbons (Fsp3) is 0.435. The number of rotatable bonds is 42. The Morgan fingerprint density at radius 1 is 0.309 bits per heavy atom. The minimum absolute atomic E-state index is 0.140. The van der Waals surface area contributed by atoms with E-state index in [9.17, 15) is 14.4 Å². The van der Waals surface area contributed by atoms with Gasteiger partial charge < -0.3 is 14.2 Å². The standard InChI is InChI=1S/C62H88O6/c1-4-7-10-13-16-19-22-25-28-31-34-37-40-43-46-49-52-55-61(64)67-58-59(57-66-60(63)54-51-48-45-42-39-36-33-30-27-24-21-18-15-12-9-6-3)68-62(65)56-53-50-47-44-41-38-35-32-29-26-23-20-17-14-11-8-5-2/h7-14,16-23,25-32,34-41,59H,4-6,15,24,33,42-58H2,1-3H3/b10-7-,11-8-,12-9-,16-13-,17-14-,21-18-,22-19-,23-20-,28-25-,29-26-,30-27-,34-31+,35-32+,39-36-,40-37-,41-38-. The first-order chi connectivity index (χ1) is 33.5. The van der Waals surface area contributed by atoms with Crippen LogP contribution in [-0.2, 0) is 28.6 Å². The van der Waals surface area contributed by atoms with Gasteiger partial charge in [0.15, 0.2) is 6.10 Å². The lowest BCUT2D eigenvalue weighted by molar-refractivity contribution is -0.167. The third-order valence-corrected chi connectivity index (χ3v) is 9.65. The molecule has 0 saturated carbocycles. The molecule has 0 aromatic carbocycles. The van der Waals surface area contributed by atoms with Crippen molar-refractivity contribution in [3.63, 3.8) is 0 Å². The molecule has 68 heavy (non-hydrogen) atoms. The van der Waals surface area contributed by atoms with E-state index in [4.69, 9.17) is 14.2 Å². The Hall–Kier alpha value is -5.75. The van der Waals surface area contributed by atoms with E-state index in [1.54, 1.807) is 0 Å². The van der Waals surface area contributed by atoms with Crippen LogP contribution in [0.2, 0.25) is 0 Å². The van der Waals surface area contributed by atoms with Gasteiger partial charge in [-0.3, -0.25) is 14.4 Å². The number of ether oxygens (including phenoxy) is 3. The highest BCUT2D eigenvalue weighted by atomic mass is 16.6. The molecule has 0 aliphatic rings. The Morgan fingerprint density at radius 3 is 0.971 bits per heavy atom. The molecule has 0 bridgehead atoms. The van der Waals surface area contributed by atoms with Crippen molar-refractivity contribution in [3.8, 4) is 0 Å². The predicted octanol–water partition coefficient (Wildman–Crippen LogP) is 17.1. The van der Waals surface area contributed by atoms with Crippen LogP contribution in [-0.4, -0.2) is 37.2 Å². The van der Waals surface area contributed by atoms with Crippen molar-refractivity contribution < 1.29 is 28.6 Å². The zero-order valence-electron chi connectivity index (χ0n) is 42.3. The van der Waals surface area contributed by atoms with Gasteiger partial charge in [-0.25, -0.2) is 0 Å². The molecule has 0 heterocycles. The van der Waals surface area contributed by atoms with E-state index in [0.29, 0.717) is 12.8 Å². The minimum atomic E-state index is -0.846. The van der Waals surface area contributed by atoms with Gasteiger partial charge in [0.05, 0.1) is 0 Å². The van der Waals surface area contributed by atoms with Gasteiger partial charge in [-0.1, -0.05) is 234 Å². The molecule has 0 radical (unpaired) electrons. The summed E-state index contributed by atoms with van der Waals surface area (Å²) in [6.07, 6.45) is 82.6. The fourth-order valence-electron chi connectivity index (χ4n) is 5.90. The third kappa shape index (κ3) is 51.2. The van der Waals surface area contributed by atoms with Gasteiger partial charge in [-0.05, 0) is 96.3 Å². The molecule has 372 valence electrons. The summed E-state index contributed by atoms with van der Waals surface area (Å²) in [7, 11) is 0. The Labute approximate surface area is 414 Å². The molecule has 0 aliphatic carbocycles. The summed E-state index contributed by atoms with van der Waals surface area (Å²) >= 11 is 0. The number of carbonyl (C=O) groups is 3. The van der Waals surface area contributed by atoms with E-state index >= 15 is 0 Å². The van der Waals surface area contributed by atoms with Crippen LogP contribution in [0.15, 0.2) is 194 Å². The summed E-state index contributed by atoms with van der Waals surface area (Å²) in [6, 6.07) is 0. The first-order valence-electron chi connectivity index (χ1n) is 25.6. The molecule has 0 fully saturated rings. The van der Waals surface area contributed by atoms with Gasteiger partial charge in [-0.2, -0.15) is 0 Å². The summed E-state index contributed by atoms with van der Waals surface area (Å²) < 4.78 is 16.7. The maximum Gasteiger partial charge on any atom is 0.306 e. The molecule has 6 nitrogen and oxygen atoms in total. The van der Waals surface area contributed by atoms with Gasteiger partial charge >= 0.3 is 17.9 Å². The Kier molecular flexibility index (Phi) is 49.3. The second-order valence-electron chi connectivity index (χ2n) is 15.9.